The lowest BCUT2D eigenvalue weighted by Crippen LogP contribution is -2.08. The summed E-state index contributed by atoms with van der Waals surface area (Å²) in [6, 6.07) is 13.7. The Bertz CT molecular complexity index is 452. The van der Waals surface area contributed by atoms with Crippen LogP contribution in [0.25, 0.3) is 10.8 Å². The molecule has 1 heteroatoms. The molecular weight excluding hydrogens is 175 g/mol. The highest BCUT2D eigenvalue weighted by Gasteiger charge is 2.18. The molecule has 72 valence electrons. The highest BCUT2D eigenvalue weighted by Crippen LogP contribution is 2.27. The maximum absolute atomic E-state index is 13.6. The largest absolute Gasteiger partial charge is 0.239 e. The second kappa shape index (κ2) is 3.09. The van der Waals surface area contributed by atoms with Crippen molar-refractivity contribution in [3.05, 3.63) is 48.0 Å². The average molecular weight is 188 g/mol. The second-order valence-electron chi connectivity index (χ2n) is 4.03. The predicted molar refractivity (Wildman–Crippen MR) is 58.1 cm³/mol. The van der Waals surface area contributed by atoms with E-state index in [-0.39, 0.29) is 0 Å². The molecule has 0 bridgehead atoms. The topological polar surface area (TPSA) is 0 Å². The molecule has 0 N–H and O–H groups in total. The summed E-state index contributed by atoms with van der Waals surface area (Å²) in [4.78, 5) is 0. The Morgan fingerprint density at radius 1 is 0.929 bits per heavy atom. The third-order valence-electron chi connectivity index (χ3n) is 2.44. The van der Waals surface area contributed by atoms with E-state index in [1.54, 1.807) is 13.8 Å². The van der Waals surface area contributed by atoms with E-state index in [2.05, 4.69) is 0 Å². The van der Waals surface area contributed by atoms with Crippen LogP contribution < -0.4 is 0 Å². The zero-order valence-corrected chi connectivity index (χ0v) is 8.42. The second-order valence-corrected chi connectivity index (χ2v) is 4.03. The van der Waals surface area contributed by atoms with Gasteiger partial charge >= 0.3 is 0 Å². The van der Waals surface area contributed by atoms with Crippen LogP contribution in [0.4, 0.5) is 4.39 Å². The van der Waals surface area contributed by atoms with Crippen molar-refractivity contribution in [2.24, 2.45) is 0 Å². The van der Waals surface area contributed by atoms with Crippen molar-refractivity contribution >= 4 is 10.8 Å². The smallest absolute Gasteiger partial charge is 0.130 e. The normalized spacial score (nSPS) is 11.9. The van der Waals surface area contributed by atoms with Crippen LogP contribution in [-0.4, -0.2) is 0 Å². The van der Waals surface area contributed by atoms with Crippen molar-refractivity contribution in [1.29, 1.82) is 0 Å². The number of rotatable bonds is 1. The van der Waals surface area contributed by atoms with Crippen LogP contribution in [0.5, 0.6) is 0 Å². The van der Waals surface area contributed by atoms with E-state index in [1.807, 2.05) is 42.5 Å². The van der Waals surface area contributed by atoms with Crippen molar-refractivity contribution < 1.29 is 4.39 Å². The fraction of sp³-hybridized carbons (Fsp3) is 0.231. The van der Waals surface area contributed by atoms with E-state index in [1.165, 1.54) is 0 Å². The Morgan fingerprint density at radius 3 is 2.21 bits per heavy atom. The van der Waals surface area contributed by atoms with Gasteiger partial charge in [0.2, 0.25) is 0 Å². The van der Waals surface area contributed by atoms with Crippen LogP contribution in [0.15, 0.2) is 42.5 Å². The number of fused-ring (bicyclic) bond motifs is 1. The van der Waals surface area contributed by atoms with E-state index < -0.39 is 5.67 Å². The first kappa shape index (κ1) is 9.20. The zero-order chi connectivity index (χ0) is 10.2. The van der Waals surface area contributed by atoms with Crippen LogP contribution in [0.1, 0.15) is 19.4 Å². The van der Waals surface area contributed by atoms with Crippen LogP contribution in [-0.2, 0) is 5.67 Å². The standard InChI is InChI=1S/C13H13F/c1-13(2,14)12-8-7-10-5-3-4-6-11(10)9-12/h3-9H,1-2H3. The lowest BCUT2D eigenvalue weighted by molar-refractivity contribution is 0.222. The van der Waals surface area contributed by atoms with Gasteiger partial charge in [0.25, 0.3) is 0 Å². The molecule has 14 heavy (non-hydrogen) atoms. The Kier molecular flexibility index (Phi) is 2.03. The summed E-state index contributed by atoms with van der Waals surface area (Å²) in [5.41, 5.74) is -0.527. The van der Waals surface area contributed by atoms with Gasteiger partial charge < -0.3 is 0 Å². The predicted octanol–water partition coefficient (Wildman–Crippen LogP) is 4.04. The molecule has 0 aliphatic carbocycles. The van der Waals surface area contributed by atoms with Gasteiger partial charge in [-0.3, -0.25) is 0 Å². The highest BCUT2D eigenvalue weighted by atomic mass is 19.1. The lowest BCUT2D eigenvalue weighted by Gasteiger charge is -2.14. The molecule has 0 aromatic heterocycles. The summed E-state index contributed by atoms with van der Waals surface area (Å²) in [7, 11) is 0. The third-order valence-corrected chi connectivity index (χ3v) is 2.44. The molecule has 0 fully saturated rings. The summed E-state index contributed by atoms with van der Waals surface area (Å²) in [6.45, 7) is 3.16. The first-order valence-electron chi connectivity index (χ1n) is 4.75. The van der Waals surface area contributed by atoms with Crippen molar-refractivity contribution in [3.8, 4) is 0 Å². The number of hydrogen-bond donors (Lipinski definition) is 0. The molecule has 0 amide bonds. The summed E-state index contributed by atoms with van der Waals surface area (Å²) in [5, 5.41) is 2.25. The maximum Gasteiger partial charge on any atom is 0.130 e. The Balaban J connectivity index is 2.63. The first-order valence-corrected chi connectivity index (χ1v) is 4.75. The SMILES string of the molecule is CC(C)(F)c1ccc2ccccc2c1. The quantitative estimate of drug-likeness (QED) is 0.633. The molecule has 0 unspecified atom stereocenters. The molecule has 0 atom stereocenters. The first-order chi connectivity index (χ1) is 6.57. The van der Waals surface area contributed by atoms with Gasteiger partial charge in [-0.1, -0.05) is 36.4 Å². The average Bonchev–Trinajstić information content (AvgIpc) is 2.16. The Hall–Kier alpha value is -1.37. The van der Waals surface area contributed by atoms with Crippen molar-refractivity contribution in [2.75, 3.05) is 0 Å². The molecule has 0 aliphatic rings. The van der Waals surface area contributed by atoms with Gasteiger partial charge in [-0.05, 0) is 36.2 Å². The summed E-state index contributed by atoms with van der Waals surface area (Å²) in [6.07, 6.45) is 0. The van der Waals surface area contributed by atoms with Gasteiger partial charge in [0.15, 0.2) is 0 Å². The minimum absolute atomic E-state index is 0.733. The maximum atomic E-state index is 13.6. The molecule has 0 heterocycles. The van der Waals surface area contributed by atoms with E-state index in [4.69, 9.17) is 0 Å². The van der Waals surface area contributed by atoms with Gasteiger partial charge in [-0.2, -0.15) is 0 Å². The van der Waals surface area contributed by atoms with Gasteiger partial charge in [0.05, 0.1) is 0 Å². The van der Waals surface area contributed by atoms with E-state index in [0.717, 1.165) is 16.3 Å². The fourth-order valence-corrected chi connectivity index (χ4v) is 1.56. The number of benzene rings is 2. The van der Waals surface area contributed by atoms with Crippen molar-refractivity contribution in [3.63, 3.8) is 0 Å². The molecule has 0 saturated heterocycles. The summed E-state index contributed by atoms with van der Waals surface area (Å²) in [5.74, 6) is 0. The van der Waals surface area contributed by atoms with Crippen LogP contribution >= 0.6 is 0 Å². The van der Waals surface area contributed by atoms with Crippen LogP contribution in [0.2, 0.25) is 0 Å². The lowest BCUT2D eigenvalue weighted by atomic mass is 9.97. The molecule has 0 spiro atoms. The Morgan fingerprint density at radius 2 is 1.57 bits per heavy atom. The minimum Gasteiger partial charge on any atom is -0.239 e. The number of hydrogen-bond acceptors (Lipinski definition) is 0. The molecule has 2 aromatic carbocycles. The zero-order valence-electron chi connectivity index (χ0n) is 8.42. The molecular formula is C13H13F. The molecule has 0 nitrogen and oxygen atoms in total. The number of halogens is 1. The van der Waals surface area contributed by atoms with E-state index >= 15 is 0 Å². The Labute approximate surface area is 83.4 Å². The highest BCUT2D eigenvalue weighted by molar-refractivity contribution is 5.83. The van der Waals surface area contributed by atoms with Gasteiger partial charge in [0.1, 0.15) is 5.67 Å². The van der Waals surface area contributed by atoms with Gasteiger partial charge in [-0.15, -0.1) is 0 Å². The molecule has 2 aromatic rings. The molecule has 0 radical (unpaired) electrons. The fourth-order valence-electron chi connectivity index (χ4n) is 1.56. The monoisotopic (exact) mass is 188 g/mol. The third kappa shape index (κ3) is 1.63. The molecule has 0 aliphatic heterocycles. The van der Waals surface area contributed by atoms with Crippen molar-refractivity contribution in [1.82, 2.24) is 0 Å². The molecule has 0 saturated carbocycles. The summed E-state index contributed by atoms with van der Waals surface area (Å²) >= 11 is 0. The van der Waals surface area contributed by atoms with E-state index in [9.17, 15) is 4.39 Å². The minimum atomic E-state index is -1.26. The van der Waals surface area contributed by atoms with E-state index in [0.29, 0.717) is 0 Å². The van der Waals surface area contributed by atoms with Crippen LogP contribution in [0.3, 0.4) is 0 Å². The molecule has 2 rings (SSSR count). The van der Waals surface area contributed by atoms with Gasteiger partial charge in [0, 0.05) is 0 Å². The number of alkyl halides is 1. The van der Waals surface area contributed by atoms with Crippen LogP contribution in [0, 0.1) is 0 Å². The van der Waals surface area contributed by atoms with Crippen molar-refractivity contribution in [2.45, 2.75) is 19.5 Å². The van der Waals surface area contributed by atoms with Gasteiger partial charge in [-0.25, -0.2) is 4.39 Å². The summed E-state index contributed by atoms with van der Waals surface area (Å²) < 4.78 is 13.6.